The number of rotatable bonds is 6. The number of aliphatic hydroxyl groups is 3. The summed E-state index contributed by atoms with van der Waals surface area (Å²) in [6.07, 6.45) is 0. The first-order valence-electron chi connectivity index (χ1n) is 8.45. The van der Waals surface area contributed by atoms with E-state index in [1.54, 1.807) is 0 Å². The van der Waals surface area contributed by atoms with Crippen LogP contribution in [0.5, 0.6) is 0 Å². The predicted molar refractivity (Wildman–Crippen MR) is 99.2 cm³/mol. The Morgan fingerprint density at radius 1 is 0.720 bits per heavy atom. The third-order valence-electron chi connectivity index (χ3n) is 5.18. The minimum Gasteiger partial charge on any atom is -0.394 e. The molecule has 0 radical (unpaired) electrons. The minimum absolute atomic E-state index is 0.329. The highest BCUT2D eigenvalue weighted by Gasteiger charge is 2.29. The Morgan fingerprint density at radius 3 is 2.12 bits per heavy atom. The second-order valence-electron chi connectivity index (χ2n) is 6.66. The maximum Gasteiger partial charge on any atom is 0.0884 e. The molecule has 0 saturated heterocycles. The predicted octanol–water partition coefficient (Wildman–Crippen LogP) is 2.29. The SMILES string of the molecule is OCC(CO)(CO)NCc1ccc2cccc3c2c1-c1ccccc1-3. The average molecular weight is 335 g/mol. The Balaban J connectivity index is 1.83. The van der Waals surface area contributed by atoms with Crippen molar-refractivity contribution < 1.29 is 15.3 Å². The van der Waals surface area contributed by atoms with Gasteiger partial charge in [-0.3, -0.25) is 0 Å². The van der Waals surface area contributed by atoms with E-state index in [0.717, 1.165) is 5.56 Å². The zero-order valence-corrected chi connectivity index (χ0v) is 13.9. The molecule has 128 valence electrons. The second-order valence-corrected chi connectivity index (χ2v) is 6.66. The van der Waals surface area contributed by atoms with Gasteiger partial charge in [-0.1, -0.05) is 54.6 Å². The van der Waals surface area contributed by atoms with Gasteiger partial charge in [0.05, 0.1) is 25.4 Å². The highest BCUT2D eigenvalue weighted by Crippen LogP contribution is 2.48. The van der Waals surface area contributed by atoms with Crippen molar-refractivity contribution in [3.63, 3.8) is 0 Å². The van der Waals surface area contributed by atoms with Crippen molar-refractivity contribution >= 4 is 10.8 Å². The van der Waals surface area contributed by atoms with Crippen molar-refractivity contribution in [1.29, 1.82) is 0 Å². The van der Waals surface area contributed by atoms with Crippen molar-refractivity contribution in [3.8, 4) is 22.3 Å². The van der Waals surface area contributed by atoms with Crippen LogP contribution in [-0.4, -0.2) is 40.7 Å². The van der Waals surface area contributed by atoms with Gasteiger partial charge in [0.2, 0.25) is 0 Å². The number of aliphatic hydroxyl groups excluding tert-OH is 3. The Morgan fingerprint density at radius 2 is 1.40 bits per heavy atom. The van der Waals surface area contributed by atoms with Gasteiger partial charge in [-0.2, -0.15) is 0 Å². The molecule has 3 aromatic rings. The molecule has 0 fully saturated rings. The normalized spacial score (nSPS) is 12.6. The fraction of sp³-hybridized carbons (Fsp3) is 0.238. The molecule has 0 aliphatic heterocycles. The summed E-state index contributed by atoms with van der Waals surface area (Å²) in [6.45, 7) is -0.532. The van der Waals surface area contributed by atoms with Gasteiger partial charge in [0.25, 0.3) is 0 Å². The second kappa shape index (κ2) is 6.24. The maximum atomic E-state index is 9.54. The molecule has 0 atom stereocenters. The molecule has 0 heterocycles. The van der Waals surface area contributed by atoms with E-state index in [9.17, 15) is 15.3 Å². The molecule has 0 aromatic heterocycles. The Kier molecular flexibility index (Phi) is 4.06. The lowest BCUT2D eigenvalue weighted by atomic mass is 9.96. The minimum atomic E-state index is -1.08. The van der Waals surface area contributed by atoms with Gasteiger partial charge in [-0.15, -0.1) is 0 Å². The highest BCUT2D eigenvalue weighted by molar-refractivity contribution is 6.16. The van der Waals surface area contributed by atoms with Crippen molar-refractivity contribution in [1.82, 2.24) is 5.32 Å². The summed E-state index contributed by atoms with van der Waals surface area (Å²) in [7, 11) is 0. The quantitative estimate of drug-likeness (QED) is 0.436. The monoisotopic (exact) mass is 335 g/mol. The molecule has 4 nitrogen and oxygen atoms in total. The van der Waals surface area contributed by atoms with Crippen molar-refractivity contribution in [2.45, 2.75) is 12.1 Å². The Labute approximate surface area is 146 Å². The van der Waals surface area contributed by atoms with E-state index in [2.05, 4.69) is 53.8 Å². The lowest BCUT2D eigenvalue weighted by Gasteiger charge is -2.29. The van der Waals surface area contributed by atoms with Crippen LogP contribution < -0.4 is 5.32 Å². The van der Waals surface area contributed by atoms with Gasteiger partial charge >= 0.3 is 0 Å². The van der Waals surface area contributed by atoms with Crippen LogP contribution in [0, 0.1) is 0 Å². The van der Waals surface area contributed by atoms with Gasteiger partial charge in [0.1, 0.15) is 0 Å². The molecule has 4 N–H and O–H groups in total. The molecule has 3 aromatic carbocycles. The van der Waals surface area contributed by atoms with E-state index in [1.165, 1.54) is 33.0 Å². The summed E-state index contributed by atoms with van der Waals surface area (Å²) >= 11 is 0. The zero-order chi connectivity index (χ0) is 17.4. The number of benzene rings is 3. The topological polar surface area (TPSA) is 72.7 Å². The number of hydrogen-bond donors (Lipinski definition) is 4. The summed E-state index contributed by atoms with van der Waals surface area (Å²) in [6, 6.07) is 18.9. The van der Waals surface area contributed by atoms with E-state index in [1.807, 2.05) is 6.07 Å². The molecule has 4 heteroatoms. The van der Waals surface area contributed by atoms with Crippen LogP contribution in [0.2, 0.25) is 0 Å². The van der Waals surface area contributed by atoms with Crippen LogP contribution in [0.25, 0.3) is 33.0 Å². The van der Waals surface area contributed by atoms with Crippen molar-refractivity contribution in [3.05, 3.63) is 60.2 Å². The average Bonchev–Trinajstić information content (AvgIpc) is 3.02. The first-order chi connectivity index (χ1) is 12.2. The largest absolute Gasteiger partial charge is 0.394 e. The molecule has 0 bridgehead atoms. The van der Waals surface area contributed by atoms with Crippen LogP contribution in [0.15, 0.2) is 54.6 Å². The number of nitrogens with one attached hydrogen (secondary N) is 1. The van der Waals surface area contributed by atoms with Gasteiger partial charge in [0, 0.05) is 6.54 Å². The van der Waals surface area contributed by atoms with E-state index >= 15 is 0 Å². The van der Waals surface area contributed by atoms with Gasteiger partial charge in [-0.25, -0.2) is 0 Å². The highest BCUT2D eigenvalue weighted by atomic mass is 16.3. The van der Waals surface area contributed by atoms with Crippen LogP contribution >= 0.6 is 0 Å². The molecule has 25 heavy (non-hydrogen) atoms. The Bertz CT molecular complexity index is 923. The van der Waals surface area contributed by atoms with Crippen LogP contribution in [0.1, 0.15) is 5.56 Å². The summed E-state index contributed by atoms with van der Waals surface area (Å²) in [5.41, 5.74) is 4.87. The molecule has 0 saturated carbocycles. The fourth-order valence-corrected chi connectivity index (χ4v) is 3.64. The van der Waals surface area contributed by atoms with Crippen LogP contribution in [0.4, 0.5) is 0 Å². The van der Waals surface area contributed by atoms with Crippen molar-refractivity contribution in [2.24, 2.45) is 0 Å². The Hall–Kier alpha value is -2.24. The summed E-state index contributed by atoms with van der Waals surface area (Å²) in [4.78, 5) is 0. The van der Waals surface area contributed by atoms with Gasteiger partial charge < -0.3 is 20.6 Å². The molecule has 0 unspecified atom stereocenters. The third-order valence-corrected chi connectivity index (χ3v) is 5.18. The molecule has 1 aliphatic carbocycles. The smallest absolute Gasteiger partial charge is 0.0884 e. The number of hydrogen-bond acceptors (Lipinski definition) is 4. The van der Waals surface area contributed by atoms with Crippen LogP contribution in [-0.2, 0) is 6.54 Å². The summed E-state index contributed by atoms with van der Waals surface area (Å²) in [5.74, 6) is 0. The van der Waals surface area contributed by atoms with Gasteiger partial charge in [0.15, 0.2) is 0 Å². The van der Waals surface area contributed by atoms with Crippen LogP contribution in [0.3, 0.4) is 0 Å². The first-order valence-corrected chi connectivity index (χ1v) is 8.45. The summed E-state index contributed by atoms with van der Waals surface area (Å²) < 4.78 is 0. The first kappa shape index (κ1) is 16.2. The zero-order valence-electron chi connectivity index (χ0n) is 13.9. The molecule has 4 rings (SSSR count). The van der Waals surface area contributed by atoms with E-state index in [-0.39, 0.29) is 19.8 Å². The lowest BCUT2D eigenvalue weighted by Crippen LogP contribution is -2.54. The van der Waals surface area contributed by atoms with E-state index < -0.39 is 5.54 Å². The maximum absolute atomic E-state index is 9.54. The molecule has 0 spiro atoms. The summed E-state index contributed by atoms with van der Waals surface area (Å²) in [5, 5.41) is 34.2. The van der Waals surface area contributed by atoms with Gasteiger partial charge in [-0.05, 0) is 38.6 Å². The van der Waals surface area contributed by atoms with E-state index in [0.29, 0.717) is 6.54 Å². The number of fused-ring (bicyclic) bond motifs is 3. The molecule has 0 amide bonds. The van der Waals surface area contributed by atoms with E-state index in [4.69, 9.17) is 0 Å². The third kappa shape index (κ3) is 2.46. The molecular weight excluding hydrogens is 314 g/mol. The molecular formula is C21H21NO3. The lowest BCUT2D eigenvalue weighted by molar-refractivity contribution is 0.0414. The fourth-order valence-electron chi connectivity index (χ4n) is 3.64. The molecule has 1 aliphatic rings. The van der Waals surface area contributed by atoms with Crippen molar-refractivity contribution in [2.75, 3.05) is 19.8 Å². The standard InChI is InChI=1S/C21H21NO3/c23-11-21(12-24,13-25)22-10-15-9-8-14-4-3-7-18-16-5-1-2-6-17(16)20(15)19(14)18/h1-9,22-25H,10-13H2.